The van der Waals surface area contributed by atoms with E-state index in [2.05, 4.69) is 17.1 Å². The highest BCUT2D eigenvalue weighted by molar-refractivity contribution is 6.01. The number of oxime groups is 1. The third-order valence-corrected chi connectivity index (χ3v) is 4.85. The molecule has 25 heavy (non-hydrogen) atoms. The van der Waals surface area contributed by atoms with Gasteiger partial charge in [-0.2, -0.15) is 0 Å². The van der Waals surface area contributed by atoms with Gasteiger partial charge in [0, 0.05) is 38.2 Å². The molecule has 0 aliphatic carbocycles. The van der Waals surface area contributed by atoms with Crippen molar-refractivity contribution in [2.75, 3.05) is 19.8 Å². The number of hydrogen-bond donors (Lipinski definition) is 1. The third-order valence-electron chi connectivity index (χ3n) is 4.85. The van der Waals surface area contributed by atoms with Crippen molar-refractivity contribution in [3.63, 3.8) is 0 Å². The number of carbonyl (C=O) groups excluding carboxylic acids is 1. The van der Waals surface area contributed by atoms with Crippen LogP contribution in [0.3, 0.4) is 0 Å². The van der Waals surface area contributed by atoms with Gasteiger partial charge in [-0.15, -0.1) is 6.58 Å². The normalized spacial score (nSPS) is 22.0. The zero-order chi connectivity index (χ0) is 17.7. The Morgan fingerprint density at radius 3 is 2.96 bits per heavy atom. The molecule has 1 atom stereocenters. The number of halogens is 1. The molecule has 5 nitrogen and oxygen atoms in total. The van der Waals surface area contributed by atoms with E-state index in [0.717, 1.165) is 11.3 Å². The molecule has 2 heterocycles. The van der Waals surface area contributed by atoms with Gasteiger partial charge in [-0.1, -0.05) is 23.4 Å². The summed E-state index contributed by atoms with van der Waals surface area (Å²) < 4.78 is 18.8. The smallest absolute Gasteiger partial charge is 0.226 e. The highest BCUT2D eigenvalue weighted by Crippen LogP contribution is 2.38. The fraction of sp³-hybridized carbons (Fsp3) is 0.474. The van der Waals surface area contributed by atoms with Crippen LogP contribution >= 0.6 is 0 Å². The minimum atomic E-state index is -0.515. The van der Waals surface area contributed by atoms with Gasteiger partial charge in [-0.05, 0) is 25.0 Å². The summed E-state index contributed by atoms with van der Waals surface area (Å²) in [5.41, 5.74) is 0.927. The van der Waals surface area contributed by atoms with Gasteiger partial charge in [-0.25, -0.2) is 4.39 Å². The number of carbonyl (C=O) groups is 1. The molecule has 0 unspecified atom stereocenters. The SMILES string of the molecule is C=CCNC(=O)C1(C[C@@H]2CC(c3cccc(F)c3)=NO2)CCOCC1. The minimum absolute atomic E-state index is 0.0125. The van der Waals surface area contributed by atoms with Gasteiger partial charge < -0.3 is 14.9 Å². The Bertz CT molecular complexity index is 668. The number of rotatable bonds is 6. The molecule has 1 aromatic rings. The second-order valence-electron chi connectivity index (χ2n) is 6.58. The second kappa shape index (κ2) is 7.78. The van der Waals surface area contributed by atoms with Gasteiger partial charge in [0.05, 0.1) is 11.1 Å². The molecule has 1 amide bonds. The maximum absolute atomic E-state index is 13.4. The first-order valence-corrected chi connectivity index (χ1v) is 8.58. The topological polar surface area (TPSA) is 59.9 Å². The van der Waals surface area contributed by atoms with Crippen LogP contribution in [0.4, 0.5) is 4.39 Å². The van der Waals surface area contributed by atoms with Crippen LogP contribution in [0.1, 0.15) is 31.2 Å². The van der Waals surface area contributed by atoms with Crippen molar-refractivity contribution in [1.82, 2.24) is 5.32 Å². The Morgan fingerprint density at radius 2 is 2.24 bits per heavy atom. The molecular formula is C19H23FN2O3. The van der Waals surface area contributed by atoms with Crippen LogP contribution < -0.4 is 5.32 Å². The molecule has 2 aliphatic rings. The first-order chi connectivity index (χ1) is 12.1. The van der Waals surface area contributed by atoms with Crippen LogP contribution in [0.25, 0.3) is 0 Å². The van der Waals surface area contributed by atoms with Crippen LogP contribution in [-0.4, -0.2) is 37.5 Å². The quantitative estimate of drug-likeness (QED) is 0.806. The van der Waals surface area contributed by atoms with E-state index in [4.69, 9.17) is 9.57 Å². The standard InChI is InChI=1S/C19H23FN2O3/c1-2-8-21-18(23)19(6-9-24-10-7-19)13-16-12-17(22-25-16)14-4-3-5-15(20)11-14/h2-5,11,16H,1,6-10,12-13H2,(H,21,23)/t16-/m0/s1. The van der Waals surface area contributed by atoms with E-state index in [9.17, 15) is 9.18 Å². The van der Waals surface area contributed by atoms with E-state index in [1.807, 2.05) is 6.07 Å². The first kappa shape index (κ1) is 17.6. The van der Waals surface area contributed by atoms with Crippen LogP contribution in [0.2, 0.25) is 0 Å². The Balaban J connectivity index is 1.67. The molecule has 6 heteroatoms. The number of nitrogens with zero attached hydrogens (tertiary/aromatic N) is 1. The molecule has 0 spiro atoms. The fourth-order valence-corrected chi connectivity index (χ4v) is 3.45. The van der Waals surface area contributed by atoms with Gasteiger partial charge in [0.1, 0.15) is 11.9 Å². The lowest BCUT2D eigenvalue weighted by molar-refractivity contribution is -0.139. The highest BCUT2D eigenvalue weighted by Gasteiger charge is 2.43. The molecule has 134 valence electrons. The van der Waals surface area contributed by atoms with Gasteiger partial charge in [0.15, 0.2) is 0 Å². The maximum atomic E-state index is 13.4. The number of hydrogen-bond acceptors (Lipinski definition) is 4. The predicted octanol–water partition coefficient (Wildman–Crippen LogP) is 2.81. The summed E-state index contributed by atoms with van der Waals surface area (Å²) in [6.07, 6.45) is 3.94. The van der Waals surface area contributed by atoms with E-state index in [-0.39, 0.29) is 17.8 Å². The molecule has 0 radical (unpaired) electrons. The van der Waals surface area contributed by atoms with Crippen molar-refractivity contribution in [3.8, 4) is 0 Å². The predicted molar refractivity (Wildman–Crippen MR) is 92.7 cm³/mol. The van der Waals surface area contributed by atoms with Crippen molar-refractivity contribution in [2.45, 2.75) is 31.8 Å². The zero-order valence-electron chi connectivity index (χ0n) is 14.2. The van der Waals surface area contributed by atoms with Crippen molar-refractivity contribution in [2.24, 2.45) is 10.6 Å². The molecule has 3 rings (SSSR count). The van der Waals surface area contributed by atoms with Crippen molar-refractivity contribution < 1.29 is 18.8 Å². The summed E-state index contributed by atoms with van der Waals surface area (Å²) >= 11 is 0. The Hall–Kier alpha value is -2.21. The first-order valence-electron chi connectivity index (χ1n) is 8.58. The van der Waals surface area contributed by atoms with E-state index in [0.29, 0.717) is 45.4 Å². The lowest BCUT2D eigenvalue weighted by Crippen LogP contribution is -2.46. The molecule has 2 aliphatic heterocycles. The molecular weight excluding hydrogens is 323 g/mol. The lowest BCUT2D eigenvalue weighted by atomic mass is 9.74. The summed E-state index contributed by atoms with van der Waals surface area (Å²) in [4.78, 5) is 18.3. The Kier molecular flexibility index (Phi) is 5.48. The Labute approximate surface area is 146 Å². The average molecular weight is 346 g/mol. The zero-order valence-corrected chi connectivity index (χ0v) is 14.2. The van der Waals surface area contributed by atoms with Gasteiger partial charge in [-0.3, -0.25) is 4.79 Å². The number of benzene rings is 1. The Morgan fingerprint density at radius 1 is 1.44 bits per heavy atom. The van der Waals surface area contributed by atoms with E-state index in [1.165, 1.54) is 12.1 Å². The molecule has 1 N–H and O–H groups in total. The van der Waals surface area contributed by atoms with Crippen LogP contribution in [-0.2, 0) is 14.4 Å². The van der Waals surface area contributed by atoms with Gasteiger partial charge in [0.25, 0.3) is 0 Å². The van der Waals surface area contributed by atoms with Gasteiger partial charge >= 0.3 is 0 Å². The summed E-state index contributed by atoms with van der Waals surface area (Å²) in [6.45, 7) is 5.21. The van der Waals surface area contributed by atoms with Crippen LogP contribution in [0.5, 0.6) is 0 Å². The monoisotopic (exact) mass is 346 g/mol. The molecule has 0 bridgehead atoms. The molecule has 1 aromatic carbocycles. The second-order valence-corrected chi connectivity index (χ2v) is 6.58. The summed E-state index contributed by atoms with van der Waals surface area (Å²) in [6, 6.07) is 6.32. The van der Waals surface area contributed by atoms with E-state index >= 15 is 0 Å². The van der Waals surface area contributed by atoms with Crippen molar-refractivity contribution in [1.29, 1.82) is 0 Å². The summed E-state index contributed by atoms with van der Waals surface area (Å²) in [7, 11) is 0. The third kappa shape index (κ3) is 4.07. The number of ether oxygens (including phenoxy) is 1. The van der Waals surface area contributed by atoms with Crippen LogP contribution in [0, 0.1) is 11.2 Å². The fourth-order valence-electron chi connectivity index (χ4n) is 3.45. The van der Waals surface area contributed by atoms with Gasteiger partial charge in [0.2, 0.25) is 5.91 Å². The number of amides is 1. The molecule has 1 saturated heterocycles. The van der Waals surface area contributed by atoms with Crippen molar-refractivity contribution in [3.05, 3.63) is 48.3 Å². The molecule has 1 fully saturated rings. The number of nitrogens with one attached hydrogen (secondary N) is 1. The van der Waals surface area contributed by atoms with E-state index in [1.54, 1.807) is 12.1 Å². The highest BCUT2D eigenvalue weighted by atomic mass is 19.1. The molecule has 0 aromatic heterocycles. The summed E-state index contributed by atoms with van der Waals surface area (Å²) in [5, 5.41) is 7.03. The maximum Gasteiger partial charge on any atom is 0.226 e. The summed E-state index contributed by atoms with van der Waals surface area (Å²) in [5.74, 6) is -0.285. The molecule has 0 saturated carbocycles. The lowest BCUT2D eigenvalue weighted by Gasteiger charge is -2.36. The van der Waals surface area contributed by atoms with Crippen LogP contribution in [0.15, 0.2) is 42.1 Å². The average Bonchev–Trinajstić information content (AvgIpc) is 3.08. The van der Waals surface area contributed by atoms with E-state index < -0.39 is 5.41 Å². The minimum Gasteiger partial charge on any atom is -0.392 e. The van der Waals surface area contributed by atoms with Crippen molar-refractivity contribution >= 4 is 11.6 Å². The largest absolute Gasteiger partial charge is 0.392 e.